The predicted molar refractivity (Wildman–Crippen MR) is 78.8 cm³/mol. The number of thioether (sulfide) groups is 1. The second-order valence-electron chi connectivity index (χ2n) is 4.54. The molecule has 0 radical (unpaired) electrons. The Balaban J connectivity index is 1.53. The average Bonchev–Trinajstić information content (AvgIpc) is 3.21. The third kappa shape index (κ3) is 3.02. The van der Waals surface area contributed by atoms with Crippen molar-refractivity contribution in [1.82, 2.24) is 14.8 Å². The molecule has 0 saturated heterocycles. The zero-order chi connectivity index (χ0) is 13.9. The lowest BCUT2D eigenvalue weighted by atomic mass is 10.3. The Kier molecular flexibility index (Phi) is 4.03. The molecule has 5 nitrogen and oxygen atoms in total. The van der Waals surface area contributed by atoms with E-state index < -0.39 is 0 Å². The quantitative estimate of drug-likeness (QED) is 0.658. The molecule has 1 N–H and O–H groups in total. The van der Waals surface area contributed by atoms with Gasteiger partial charge in [0.1, 0.15) is 5.75 Å². The molecule has 3 rings (SSSR count). The largest absolute Gasteiger partial charge is 0.491 e. The van der Waals surface area contributed by atoms with Crippen molar-refractivity contribution >= 4 is 23.4 Å². The molecule has 1 aliphatic rings. The number of aromatic nitrogens is 3. The van der Waals surface area contributed by atoms with Crippen LogP contribution in [0.15, 0.2) is 34.2 Å². The van der Waals surface area contributed by atoms with Crippen LogP contribution in [0.4, 0.5) is 0 Å². The van der Waals surface area contributed by atoms with Crippen LogP contribution in [0.25, 0.3) is 0 Å². The lowest BCUT2D eigenvalue weighted by molar-refractivity contribution is 0.344. The van der Waals surface area contributed by atoms with Gasteiger partial charge < -0.3 is 4.74 Å². The SMILES string of the molecule is O=c1[nH]nc(SCCOc2ccccc2Cl)n1C1CC1. The lowest BCUT2D eigenvalue weighted by Gasteiger charge is -2.07. The molecule has 2 aromatic rings. The van der Waals surface area contributed by atoms with E-state index in [2.05, 4.69) is 10.2 Å². The first kappa shape index (κ1) is 13.6. The number of H-pyrrole nitrogens is 1. The summed E-state index contributed by atoms with van der Waals surface area (Å²) < 4.78 is 7.34. The van der Waals surface area contributed by atoms with E-state index in [1.165, 1.54) is 11.8 Å². The van der Waals surface area contributed by atoms with Gasteiger partial charge in [0.25, 0.3) is 0 Å². The monoisotopic (exact) mass is 311 g/mol. The van der Waals surface area contributed by atoms with Gasteiger partial charge in [-0.2, -0.15) is 0 Å². The fraction of sp³-hybridized carbons (Fsp3) is 0.385. The zero-order valence-electron chi connectivity index (χ0n) is 10.7. The fourth-order valence-electron chi connectivity index (χ4n) is 1.89. The number of hydrogen-bond acceptors (Lipinski definition) is 4. The molecule has 0 unspecified atom stereocenters. The summed E-state index contributed by atoms with van der Waals surface area (Å²) in [6.45, 7) is 0.514. The van der Waals surface area contributed by atoms with Crippen LogP contribution in [0.2, 0.25) is 5.02 Å². The van der Waals surface area contributed by atoms with E-state index in [9.17, 15) is 4.79 Å². The van der Waals surface area contributed by atoms with Crippen molar-refractivity contribution in [3.8, 4) is 5.75 Å². The Morgan fingerprint density at radius 3 is 3.00 bits per heavy atom. The second-order valence-corrected chi connectivity index (χ2v) is 6.01. The van der Waals surface area contributed by atoms with Crippen molar-refractivity contribution in [1.29, 1.82) is 0 Å². The van der Waals surface area contributed by atoms with Gasteiger partial charge in [0.2, 0.25) is 0 Å². The van der Waals surface area contributed by atoms with Gasteiger partial charge in [-0.25, -0.2) is 9.89 Å². The zero-order valence-corrected chi connectivity index (χ0v) is 12.3. The highest BCUT2D eigenvalue weighted by atomic mass is 35.5. The molecule has 106 valence electrons. The second kappa shape index (κ2) is 5.93. The lowest BCUT2D eigenvalue weighted by Crippen LogP contribution is -2.16. The van der Waals surface area contributed by atoms with E-state index >= 15 is 0 Å². The third-order valence-electron chi connectivity index (χ3n) is 2.99. The number of halogens is 1. The van der Waals surface area contributed by atoms with Crippen LogP contribution in [-0.2, 0) is 0 Å². The fourth-order valence-corrected chi connectivity index (χ4v) is 2.91. The molecule has 1 aromatic carbocycles. The van der Waals surface area contributed by atoms with Crippen molar-refractivity contribution in [3.05, 3.63) is 39.8 Å². The average molecular weight is 312 g/mol. The minimum Gasteiger partial charge on any atom is -0.491 e. The van der Waals surface area contributed by atoms with Crippen LogP contribution in [0.3, 0.4) is 0 Å². The van der Waals surface area contributed by atoms with E-state index in [0.29, 0.717) is 29.2 Å². The molecule has 0 atom stereocenters. The number of nitrogens with zero attached hydrogens (tertiary/aromatic N) is 2. The molecule has 1 saturated carbocycles. The standard InChI is InChI=1S/C13H14ClN3O2S/c14-10-3-1-2-4-11(10)19-7-8-20-13-16-15-12(18)17(13)9-5-6-9/h1-4,9H,5-8H2,(H,15,18). The summed E-state index contributed by atoms with van der Waals surface area (Å²) >= 11 is 7.52. The van der Waals surface area contributed by atoms with E-state index in [-0.39, 0.29) is 5.69 Å². The molecule has 1 aromatic heterocycles. The topological polar surface area (TPSA) is 59.9 Å². The first-order valence-electron chi connectivity index (χ1n) is 6.43. The predicted octanol–water partition coefficient (Wildman–Crippen LogP) is 2.73. The van der Waals surface area contributed by atoms with Crippen LogP contribution in [0, 0.1) is 0 Å². The highest BCUT2D eigenvalue weighted by molar-refractivity contribution is 7.99. The summed E-state index contributed by atoms with van der Waals surface area (Å²) in [6.07, 6.45) is 2.12. The third-order valence-corrected chi connectivity index (χ3v) is 4.22. The van der Waals surface area contributed by atoms with E-state index in [1.54, 1.807) is 10.6 Å². The molecular weight excluding hydrogens is 298 g/mol. The molecule has 1 aliphatic carbocycles. The van der Waals surface area contributed by atoms with Crippen LogP contribution < -0.4 is 10.4 Å². The van der Waals surface area contributed by atoms with E-state index in [4.69, 9.17) is 16.3 Å². The summed E-state index contributed by atoms with van der Waals surface area (Å²) in [5, 5.41) is 7.89. The first-order valence-corrected chi connectivity index (χ1v) is 7.79. The Labute approximate surface area is 125 Å². The maximum absolute atomic E-state index is 11.6. The Morgan fingerprint density at radius 2 is 2.25 bits per heavy atom. The summed E-state index contributed by atoms with van der Waals surface area (Å²) in [4.78, 5) is 11.6. The molecule has 0 bridgehead atoms. The molecule has 0 amide bonds. The minimum absolute atomic E-state index is 0.123. The summed E-state index contributed by atoms with van der Waals surface area (Å²) in [5.41, 5.74) is -0.123. The van der Waals surface area contributed by atoms with Gasteiger partial charge in [0.05, 0.1) is 11.6 Å². The maximum Gasteiger partial charge on any atom is 0.344 e. The number of ether oxygens (including phenoxy) is 1. The highest BCUT2D eigenvalue weighted by Gasteiger charge is 2.28. The number of aromatic amines is 1. The smallest absolute Gasteiger partial charge is 0.344 e. The molecule has 1 heterocycles. The summed E-state index contributed by atoms with van der Waals surface area (Å²) in [7, 11) is 0. The van der Waals surface area contributed by atoms with Gasteiger partial charge >= 0.3 is 5.69 Å². The normalized spacial score (nSPS) is 14.4. The number of hydrogen-bond donors (Lipinski definition) is 1. The molecular formula is C13H14ClN3O2S. The maximum atomic E-state index is 11.6. The van der Waals surface area contributed by atoms with E-state index in [0.717, 1.165) is 18.0 Å². The van der Waals surface area contributed by atoms with Crippen molar-refractivity contribution in [2.24, 2.45) is 0 Å². The van der Waals surface area contributed by atoms with Gasteiger partial charge in [-0.15, -0.1) is 5.10 Å². The van der Waals surface area contributed by atoms with E-state index in [1.807, 2.05) is 18.2 Å². The number of nitrogens with one attached hydrogen (secondary N) is 1. The van der Waals surface area contributed by atoms with Gasteiger partial charge in [0, 0.05) is 11.8 Å². The van der Waals surface area contributed by atoms with Crippen molar-refractivity contribution < 1.29 is 4.74 Å². The first-order chi connectivity index (χ1) is 9.75. The van der Waals surface area contributed by atoms with Gasteiger partial charge in [-0.1, -0.05) is 35.5 Å². The van der Waals surface area contributed by atoms with Crippen molar-refractivity contribution in [2.45, 2.75) is 24.0 Å². The number of benzene rings is 1. The summed E-state index contributed by atoms with van der Waals surface area (Å²) in [5.74, 6) is 1.39. The molecule has 1 fully saturated rings. The minimum atomic E-state index is -0.123. The molecule has 20 heavy (non-hydrogen) atoms. The molecule has 0 spiro atoms. The van der Waals surface area contributed by atoms with Crippen LogP contribution in [-0.4, -0.2) is 27.1 Å². The summed E-state index contributed by atoms with van der Waals surface area (Å²) in [6, 6.07) is 7.70. The Morgan fingerprint density at radius 1 is 1.45 bits per heavy atom. The molecule has 7 heteroatoms. The van der Waals surface area contributed by atoms with Crippen LogP contribution >= 0.6 is 23.4 Å². The molecule has 0 aliphatic heterocycles. The van der Waals surface area contributed by atoms with Crippen molar-refractivity contribution in [3.63, 3.8) is 0 Å². The Bertz CT molecular complexity index is 651. The number of para-hydroxylation sites is 1. The Hall–Kier alpha value is -1.40. The van der Waals surface area contributed by atoms with Crippen LogP contribution in [0.5, 0.6) is 5.75 Å². The number of rotatable bonds is 6. The van der Waals surface area contributed by atoms with Gasteiger partial charge in [-0.05, 0) is 25.0 Å². The van der Waals surface area contributed by atoms with Gasteiger partial charge in [-0.3, -0.25) is 4.57 Å². The van der Waals surface area contributed by atoms with Crippen LogP contribution in [0.1, 0.15) is 18.9 Å². The highest BCUT2D eigenvalue weighted by Crippen LogP contribution is 2.36. The van der Waals surface area contributed by atoms with Crippen molar-refractivity contribution in [2.75, 3.05) is 12.4 Å². The van der Waals surface area contributed by atoms with Gasteiger partial charge in [0.15, 0.2) is 5.16 Å².